The van der Waals surface area contributed by atoms with E-state index < -0.39 is 0 Å². The van der Waals surface area contributed by atoms with E-state index in [0.717, 1.165) is 55.7 Å². The van der Waals surface area contributed by atoms with Crippen molar-refractivity contribution in [2.24, 2.45) is 11.8 Å². The Kier molecular flexibility index (Phi) is 6.33. The van der Waals surface area contributed by atoms with Crippen LogP contribution in [0.5, 0.6) is 0 Å². The number of thiazole rings is 1. The van der Waals surface area contributed by atoms with E-state index in [0.29, 0.717) is 17.6 Å². The number of ether oxygens (including phenoxy) is 2. The Morgan fingerprint density at radius 3 is 2.87 bits per heavy atom. The second-order valence-electron chi connectivity index (χ2n) is 6.19. The van der Waals surface area contributed by atoms with Gasteiger partial charge in [0.25, 0.3) is 0 Å². The SMILES string of the molecule is Cc1csc(SCC(=O)N[C@@H]2CCOC[C@@H]2C2CCOCC2)n1. The van der Waals surface area contributed by atoms with Gasteiger partial charge in [0, 0.05) is 42.9 Å². The van der Waals surface area contributed by atoms with Crippen molar-refractivity contribution in [2.45, 2.75) is 36.6 Å². The number of carbonyl (C=O) groups excluding carboxylic acids is 1. The van der Waals surface area contributed by atoms with Gasteiger partial charge in [-0.1, -0.05) is 11.8 Å². The molecule has 2 atom stereocenters. The summed E-state index contributed by atoms with van der Waals surface area (Å²) in [4.78, 5) is 16.7. The van der Waals surface area contributed by atoms with Crippen LogP contribution in [0.1, 0.15) is 25.0 Å². The Morgan fingerprint density at radius 1 is 1.35 bits per heavy atom. The Bertz CT molecular complexity index is 517. The van der Waals surface area contributed by atoms with Crippen LogP contribution in [-0.4, -0.2) is 49.1 Å². The molecular weight excluding hydrogens is 332 g/mol. The average Bonchev–Trinajstić information content (AvgIpc) is 3.00. The van der Waals surface area contributed by atoms with E-state index in [1.807, 2.05) is 12.3 Å². The maximum absolute atomic E-state index is 12.3. The van der Waals surface area contributed by atoms with E-state index in [9.17, 15) is 4.79 Å². The normalized spacial score (nSPS) is 26.1. The summed E-state index contributed by atoms with van der Waals surface area (Å²) in [6.45, 7) is 5.14. The van der Waals surface area contributed by atoms with Crippen molar-refractivity contribution in [1.82, 2.24) is 10.3 Å². The van der Waals surface area contributed by atoms with Crippen LogP contribution in [0.15, 0.2) is 9.72 Å². The standard InChI is InChI=1S/C16H24N2O3S2/c1-11-9-22-16(17-11)23-10-15(19)18-14-4-7-21-8-13(14)12-2-5-20-6-3-12/h9,12-14H,2-8,10H2,1H3,(H,18,19)/t13-,14-/m1/s1. The van der Waals surface area contributed by atoms with Gasteiger partial charge in [0.1, 0.15) is 0 Å². The van der Waals surface area contributed by atoms with Crippen LogP contribution in [0.2, 0.25) is 0 Å². The Labute approximate surface area is 145 Å². The van der Waals surface area contributed by atoms with E-state index >= 15 is 0 Å². The Balaban J connectivity index is 1.50. The highest BCUT2D eigenvalue weighted by Gasteiger charge is 2.34. The molecule has 3 rings (SSSR count). The molecule has 0 bridgehead atoms. The molecule has 1 amide bonds. The monoisotopic (exact) mass is 356 g/mol. The van der Waals surface area contributed by atoms with E-state index in [1.54, 1.807) is 11.3 Å². The van der Waals surface area contributed by atoms with Gasteiger partial charge in [0.15, 0.2) is 4.34 Å². The number of carbonyl (C=O) groups is 1. The molecule has 0 saturated carbocycles. The van der Waals surface area contributed by atoms with Gasteiger partial charge in [-0.3, -0.25) is 4.79 Å². The van der Waals surface area contributed by atoms with E-state index in [2.05, 4.69) is 10.3 Å². The number of nitrogens with zero attached hydrogens (tertiary/aromatic N) is 1. The molecule has 2 fully saturated rings. The topological polar surface area (TPSA) is 60.5 Å². The number of aromatic nitrogens is 1. The lowest BCUT2D eigenvalue weighted by molar-refractivity contribution is -0.121. The summed E-state index contributed by atoms with van der Waals surface area (Å²) < 4.78 is 12.1. The molecule has 0 unspecified atom stereocenters. The molecule has 1 aromatic heterocycles. The summed E-state index contributed by atoms with van der Waals surface area (Å²) in [5.41, 5.74) is 1.02. The molecule has 0 spiro atoms. The van der Waals surface area contributed by atoms with Gasteiger partial charge < -0.3 is 14.8 Å². The number of nitrogens with one attached hydrogen (secondary N) is 1. The summed E-state index contributed by atoms with van der Waals surface area (Å²) >= 11 is 3.12. The molecule has 2 aliphatic heterocycles. The lowest BCUT2D eigenvalue weighted by Gasteiger charge is -2.39. The maximum atomic E-state index is 12.3. The first-order valence-electron chi connectivity index (χ1n) is 8.22. The van der Waals surface area contributed by atoms with Crippen LogP contribution in [0.25, 0.3) is 0 Å². The fourth-order valence-electron chi connectivity index (χ4n) is 3.32. The summed E-state index contributed by atoms with van der Waals surface area (Å²) in [7, 11) is 0. The first kappa shape index (κ1) is 17.2. The lowest BCUT2D eigenvalue weighted by atomic mass is 9.79. The summed E-state index contributed by atoms with van der Waals surface area (Å²) in [6, 6.07) is 0.234. The number of rotatable bonds is 5. The van der Waals surface area contributed by atoms with Gasteiger partial charge in [-0.25, -0.2) is 4.98 Å². The fraction of sp³-hybridized carbons (Fsp3) is 0.750. The smallest absolute Gasteiger partial charge is 0.230 e. The number of hydrogen-bond donors (Lipinski definition) is 1. The zero-order valence-corrected chi connectivity index (χ0v) is 15.1. The van der Waals surface area contributed by atoms with E-state index in [-0.39, 0.29) is 11.9 Å². The van der Waals surface area contributed by atoms with Gasteiger partial charge in [-0.15, -0.1) is 11.3 Å². The number of hydrogen-bond acceptors (Lipinski definition) is 6. The van der Waals surface area contributed by atoms with Crippen molar-refractivity contribution in [2.75, 3.05) is 32.2 Å². The zero-order chi connectivity index (χ0) is 16.1. The van der Waals surface area contributed by atoms with Crippen molar-refractivity contribution < 1.29 is 14.3 Å². The number of thioether (sulfide) groups is 1. The van der Waals surface area contributed by atoms with Crippen molar-refractivity contribution in [1.29, 1.82) is 0 Å². The molecule has 0 aromatic carbocycles. The van der Waals surface area contributed by atoms with Gasteiger partial charge >= 0.3 is 0 Å². The van der Waals surface area contributed by atoms with Gasteiger partial charge in [0.05, 0.1) is 12.4 Å². The lowest BCUT2D eigenvalue weighted by Crippen LogP contribution is -2.49. The Morgan fingerprint density at radius 2 is 2.13 bits per heavy atom. The predicted molar refractivity (Wildman–Crippen MR) is 92.0 cm³/mol. The van der Waals surface area contributed by atoms with Gasteiger partial charge in [-0.2, -0.15) is 0 Å². The molecule has 2 aliphatic rings. The van der Waals surface area contributed by atoms with Crippen molar-refractivity contribution in [3.8, 4) is 0 Å². The molecule has 0 radical (unpaired) electrons. The highest BCUT2D eigenvalue weighted by Crippen LogP contribution is 2.30. The molecule has 1 aromatic rings. The van der Waals surface area contributed by atoms with Crippen LogP contribution >= 0.6 is 23.1 Å². The Hall–Kier alpha value is -0.630. The predicted octanol–water partition coefficient (Wildman–Crippen LogP) is 2.49. The van der Waals surface area contributed by atoms with Gasteiger partial charge in [0.2, 0.25) is 5.91 Å². The maximum Gasteiger partial charge on any atom is 0.230 e. The van der Waals surface area contributed by atoms with Crippen molar-refractivity contribution in [3.05, 3.63) is 11.1 Å². The molecule has 2 saturated heterocycles. The number of aryl methyl sites for hydroxylation is 1. The van der Waals surface area contributed by atoms with Crippen LogP contribution in [0.3, 0.4) is 0 Å². The summed E-state index contributed by atoms with van der Waals surface area (Å²) in [5.74, 6) is 1.56. The largest absolute Gasteiger partial charge is 0.381 e. The zero-order valence-electron chi connectivity index (χ0n) is 13.5. The molecule has 0 aliphatic carbocycles. The molecule has 3 heterocycles. The molecule has 7 heteroatoms. The average molecular weight is 357 g/mol. The number of amides is 1. The highest BCUT2D eigenvalue weighted by molar-refractivity contribution is 8.01. The molecule has 1 N–H and O–H groups in total. The van der Waals surface area contributed by atoms with Crippen LogP contribution in [-0.2, 0) is 14.3 Å². The van der Waals surface area contributed by atoms with Crippen LogP contribution in [0, 0.1) is 18.8 Å². The van der Waals surface area contributed by atoms with Crippen LogP contribution in [0.4, 0.5) is 0 Å². The van der Waals surface area contributed by atoms with Gasteiger partial charge in [-0.05, 0) is 32.1 Å². The summed E-state index contributed by atoms with van der Waals surface area (Å²) in [6.07, 6.45) is 3.07. The molecular formula is C16H24N2O3S2. The second kappa shape index (κ2) is 8.46. The molecule has 5 nitrogen and oxygen atoms in total. The minimum Gasteiger partial charge on any atom is -0.381 e. The van der Waals surface area contributed by atoms with Crippen molar-refractivity contribution in [3.63, 3.8) is 0 Å². The minimum atomic E-state index is 0.104. The van der Waals surface area contributed by atoms with Crippen molar-refractivity contribution >= 4 is 29.0 Å². The fourth-order valence-corrected chi connectivity index (χ4v) is 4.98. The minimum absolute atomic E-state index is 0.104. The highest BCUT2D eigenvalue weighted by atomic mass is 32.2. The third-order valence-electron chi connectivity index (χ3n) is 4.54. The molecule has 23 heavy (non-hydrogen) atoms. The molecule has 128 valence electrons. The van der Waals surface area contributed by atoms with E-state index in [4.69, 9.17) is 9.47 Å². The third kappa shape index (κ3) is 4.92. The first-order chi connectivity index (χ1) is 11.2. The van der Waals surface area contributed by atoms with E-state index in [1.165, 1.54) is 11.8 Å². The quantitative estimate of drug-likeness (QED) is 0.822. The first-order valence-corrected chi connectivity index (χ1v) is 10.1. The second-order valence-corrected chi connectivity index (χ2v) is 8.28. The van der Waals surface area contributed by atoms with Crippen LogP contribution < -0.4 is 5.32 Å². The third-order valence-corrected chi connectivity index (χ3v) is 6.68. The summed E-state index contributed by atoms with van der Waals surface area (Å²) in [5, 5.41) is 5.25.